The second-order valence-electron chi connectivity index (χ2n) is 7.61. The van der Waals surface area contributed by atoms with Crippen LogP contribution in [0.15, 0.2) is 24.3 Å². The quantitative estimate of drug-likeness (QED) is 0.874. The number of urea groups is 1. The first kappa shape index (κ1) is 19.1. The number of piperidine rings is 1. The van der Waals surface area contributed by atoms with Crippen molar-refractivity contribution in [3.05, 3.63) is 29.8 Å². The Labute approximate surface area is 149 Å². The van der Waals surface area contributed by atoms with Crippen LogP contribution in [-0.4, -0.2) is 42.3 Å². The molecule has 0 bridgehead atoms. The van der Waals surface area contributed by atoms with Crippen molar-refractivity contribution >= 4 is 17.8 Å². The number of nitrogens with one attached hydrogen (secondary N) is 2. The van der Waals surface area contributed by atoms with E-state index in [1.54, 1.807) is 0 Å². The van der Waals surface area contributed by atoms with Crippen LogP contribution in [-0.2, 0) is 4.74 Å². The summed E-state index contributed by atoms with van der Waals surface area (Å²) in [5, 5.41) is 5.74. The Morgan fingerprint density at radius 3 is 2.32 bits per heavy atom. The molecule has 1 fully saturated rings. The molecule has 1 aromatic rings. The standard InChI is InChI=1S/C19H29N3O3/c1-14-5-7-16(8-6-14)21-17(23)22-11-9-15(10-12-22)13-20-18(24)25-19(2,3)4/h5-8,15H,9-13H2,1-4H3,(H,20,24)(H,21,23). The molecule has 6 nitrogen and oxygen atoms in total. The largest absolute Gasteiger partial charge is 0.444 e. The first-order valence-corrected chi connectivity index (χ1v) is 8.82. The van der Waals surface area contributed by atoms with Crippen LogP contribution in [0.1, 0.15) is 39.2 Å². The number of benzene rings is 1. The fraction of sp³-hybridized carbons (Fsp3) is 0.579. The maximum atomic E-state index is 12.3. The summed E-state index contributed by atoms with van der Waals surface area (Å²) in [6.07, 6.45) is 1.36. The van der Waals surface area contributed by atoms with Gasteiger partial charge in [0.25, 0.3) is 0 Å². The normalized spacial score (nSPS) is 15.6. The number of rotatable bonds is 3. The van der Waals surface area contributed by atoms with Crippen molar-refractivity contribution in [2.45, 2.75) is 46.1 Å². The van der Waals surface area contributed by atoms with Crippen molar-refractivity contribution in [1.29, 1.82) is 0 Å². The van der Waals surface area contributed by atoms with Gasteiger partial charge in [0, 0.05) is 25.3 Å². The van der Waals surface area contributed by atoms with Gasteiger partial charge in [0.05, 0.1) is 0 Å². The number of carbonyl (C=O) groups excluding carboxylic acids is 2. The summed E-state index contributed by atoms with van der Waals surface area (Å²) in [5.41, 5.74) is 1.49. The molecule has 1 aliphatic rings. The number of hydrogen-bond donors (Lipinski definition) is 2. The molecule has 1 aromatic carbocycles. The molecule has 0 aliphatic carbocycles. The highest BCUT2D eigenvalue weighted by atomic mass is 16.6. The molecule has 25 heavy (non-hydrogen) atoms. The zero-order valence-electron chi connectivity index (χ0n) is 15.6. The predicted molar refractivity (Wildman–Crippen MR) is 98.7 cm³/mol. The highest BCUT2D eigenvalue weighted by molar-refractivity contribution is 5.89. The molecule has 1 aliphatic heterocycles. The van der Waals surface area contributed by atoms with Crippen LogP contribution in [0, 0.1) is 12.8 Å². The average Bonchev–Trinajstić information content (AvgIpc) is 2.54. The van der Waals surface area contributed by atoms with Gasteiger partial charge in [-0.1, -0.05) is 17.7 Å². The second kappa shape index (κ2) is 8.23. The third-order valence-electron chi connectivity index (χ3n) is 4.14. The van der Waals surface area contributed by atoms with E-state index in [4.69, 9.17) is 4.74 Å². The Kier molecular flexibility index (Phi) is 6.28. The van der Waals surface area contributed by atoms with Crippen molar-refractivity contribution in [3.63, 3.8) is 0 Å². The SMILES string of the molecule is Cc1ccc(NC(=O)N2CCC(CNC(=O)OC(C)(C)C)CC2)cc1. The summed E-state index contributed by atoms with van der Waals surface area (Å²) in [7, 11) is 0. The average molecular weight is 347 g/mol. The summed E-state index contributed by atoms with van der Waals surface area (Å²) in [6.45, 7) is 9.52. The third-order valence-corrected chi connectivity index (χ3v) is 4.14. The fourth-order valence-electron chi connectivity index (χ4n) is 2.72. The summed E-state index contributed by atoms with van der Waals surface area (Å²) in [6, 6.07) is 7.70. The van der Waals surface area contributed by atoms with E-state index in [1.165, 1.54) is 0 Å². The van der Waals surface area contributed by atoms with Gasteiger partial charge in [-0.05, 0) is 58.6 Å². The first-order valence-electron chi connectivity index (χ1n) is 8.82. The molecular formula is C19H29N3O3. The molecule has 1 saturated heterocycles. The number of alkyl carbamates (subject to hydrolysis) is 1. The van der Waals surface area contributed by atoms with Gasteiger partial charge in [-0.25, -0.2) is 9.59 Å². The van der Waals surface area contributed by atoms with Crippen molar-refractivity contribution in [2.75, 3.05) is 25.0 Å². The van der Waals surface area contributed by atoms with E-state index in [0.29, 0.717) is 25.6 Å². The Bertz CT molecular complexity index is 585. The van der Waals surface area contributed by atoms with Crippen LogP contribution in [0.4, 0.5) is 15.3 Å². The van der Waals surface area contributed by atoms with Gasteiger partial charge in [-0.2, -0.15) is 0 Å². The molecule has 2 rings (SSSR count). The van der Waals surface area contributed by atoms with Crippen LogP contribution in [0.2, 0.25) is 0 Å². The second-order valence-corrected chi connectivity index (χ2v) is 7.61. The fourth-order valence-corrected chi connectivity index (χ4v) is 2.72. The van der Waals surface area contributed by atoms with E-state index in [9.17, 15) is 9.59 Å². The molecule has 0 atom stereocenters. The summed E-state index contributed by atoms with van der Waals surface area (Å²) in [4.78, 5) is 25.8. The van der Waals surface area contributed by atoms with Crippen molar-refractivity contribution < 1.29 is 14.3 Å². The summed E-state index contributed by atoms with van der Waals surface area (Å²) >= 11 is 0. The monoisotopic (exact) mass is 347 g/mol. The Balaban J connectivity index is 1.71. The number of aryl methyl sites for hydroxylation is 1. The summed E-state index contributed by atoms with van der Waals surface area (Å²) < 4.78 is 5.24. The van der Waals surface area contributed by atoms with E-state index in [1.807, 2.05) is 56.9 Å². The number of anilines is 1. The number of hydrogen-bond acceptors (Lipinski definition) is 3. The third kappa shape index (κ3) is 6.64. The minimum atomic E-state index is -0.485. The molecule has 0 spiro atoms. The van der Waals surface area contributed by atoms with Gasteiger partial charge in [0.1, 0.15) is 5.60 Å². The molecule has 6 heteroatoms. The molecule has 3 amide bonds. The molecule has 0 radical (unpaired) electrons. The van der Waals surface area contributed by atoms with E-state index >= 15 is 0 Å². The lowest BCUT2D eigenvalue weighted by Crippen LogP contribution is -2.43. The van der Waals surface area contributed by atoms with Crippen LogP contribution < -0.4 is 10.6 Å². The lowest BCUT2D eigenvalue weighted by atomic mass is 9.97. The minimum absolute atomic E-state index is 0.0672. The van der Waals surface area contributed by atoms with Crippen molar-refractivity contribution in [3.8, 4) is 0 Å². The van der Waals surface area contributed by atoms with E-state index in [-0.39, 0.29) is 12.1 Å². The van der Waals surface area contributed by atoms with Crippen molar-refractivity contribution in [1.82, 2.24) is 10.2 Å². The van der Waals surface area contributed by atoms with Gasteiger partial charge in [-0.3, -0.25) is 0 Å². The van der Waals surface area contributed by atoms with E-state index < -0.39 is 5.60 Å². The number of likely N-dealkylation sites (tertiary alicyclic amines) is 1. The zero-order valence-corrected chi connectivity index (χ0v) is 15.6. The Hall–Kier alpha value is -2.24. The number of carbonyl (C=O) groups is 2. The molecular weight excluding hydrogens is 318 g/mol. The van der Waals surface area contributed by atoms with Crippen LogP contribution in [0.5, 0.6) is 0 Å². The summed E-state index contributed by atoms with van der Waals surface area (Å²) in [5.74, 6) is 0.371. The van der Waals surface area contributed by atoms with Gasteiger partial charge in [-0.15, -0.1) is 0 Å². The highest BCUT2D eigenvalue weighted by Crippen LogP contribution is 2.18. The number of amides is 3. The smallest absolute Gasteiger partial charge is 0.407 e. The highest BCUT2D eigenvalue weighted by Gasteiger charge is 2.24. The van der Waals surface area contributed by atoms with Crippen molar-refractivity contribution in [2.24, 2.45) is 5.92 Å². The van der Waals surface area contributed by atoms with Crippen LogP contribution in [0.3, 0.4) is 0 Å². The van der Waals surface area contributed by atoms with Crippen LogP contribution >= 0.6 is 0 Å². The maximum absolute atomic E-state index is 12.3. The maximum Gasteiger partial charge on any atom is 0.407 e. The lowest BCUT2D eigenvalue weighted by molar-refractivity contribution is 0.0512. The number of nitrogens with zero attached hydrogens (tertiary/aromatic N) is 1. The number of ether oxygens (including phenoxy) is 1. The lowest BCUT2D eigenvalue weighted by Gasteiger charge is -2.32. The molecule has 0 saturated carbocycles. The van der Waals surface area contributed by atoms with Gasteiger partial charge >= 0.3 is 12.1 Å². The van der Waals surface area contributed by atoms with Gasteiger partial charge in [0.2, 0.25) is 0 Å². The van der Waals surface area contributed by atoms with Gasteiger partial charge in [0.15, 0.2) is 0 Å². The van der Waals surface area contributed by atoms with E-state index in [2.05, 4.69) is 10.6 Å². The first-order chi connectivity index (χ1) is 11.7. The molecule has 138 valence electrons. The van der Waals surface area contributed by atoms with Gasteiger partial charge < -0.3 is 20.3 Å². The topological polar surface area (TPSA) is 70.7 Å². The Morgan fingerprint density at radius 1 is 1.16 bits per heavy atom. The zero-order chi connectivity index (χ0) is 18.4. The molecule has 0 unspecified atom stereocenters. The molecule has 2 N–H and O–H groups in total. The van der Waals surface area contributed by atoms with Crippen LogP contribution in [0.25, 0.3) is 0 Å². The predicted octanol–water partition coefficient (Wildman–Crippen LogP) is 3.76. The minimum Gasteiger partial charge on any atom is -0.444 e. The van der Waals surface area contributed by atoms with E-state index in [0.717, 1.165) is 24.1 Å². The molecule has 1 heterocycles. The Morgan fingerprint density at radius 2 is 1.76 bits per heavy atom. The molecule has 0 aromatic heterocycles.